The molecule has 3 aromatic rings. The maximum Gasteiger partial charge on any atom is 0.257 e. The van der Waals surface area contributed by atoms with Crippen LogP contribution in [0.15, 0.2) is 47.1 Å². The molecule has 0 radical (unpaired) electrons. The number of halogens is 2. The molecular weight excluding hydrogens is 337 g/mol. The number of H-pyrrole nitrogens is 1. The predicted molar refractivity (Wildman–Crippen MR) is 84.8 cm³/mol. The van der Waals surface area contributed by atoms with E-state index in [9.17, 15) is 9.18 Å². The van der Waals surface area contributed by atoms with Crippen LogP contribution in [0.4, 0.5) is 15.8 Å². The predicted octanol–water partition coefficient (Wildman–Crippen LogP) is 3.90. The lowest BCUT2D eigenvalue weighted by molar-refractivity contribution is 0.102. The zero-order valence-electron chi connectivity index (χ0n) is 10.8. The highest BCUT2D eigenvalue weighted by Crippen LogP contribution is 2.26. The maximum absolute atomic E-state index is 13.3. The van der Waals surface area contributed by atoms with Crippen molar-refractivity contribution in [2.45, 2.75) is 0 Å². The number of amides is 1. The quantitative estimate of drug-likeness (QED) is 0.615. The van der Waals surface area contributed by atoms with Gasteiger partial charge in [0.15, 0.2) is 0 Å². The molecule has 0 spiro atoms. The largest absolute Gasteiger partial charge is 0.399 e. The van der Waals surface area contributed by atoms with Crippen LogP contribution in [0.25, 0.3) is 10.9 Å². The molecular formula is C15H11BrFN3O. The molecule has 0 aliphatic carbocycles. The van der Waals surface area contributed by atoms with Crippen molar-refractivity contribution in [1.29, 1.82) is 0 Å². The van der Waals surface area contributed by atoms with E-state index in [1.807, 2.05) is 0 Å². The highest BCUT2D eigenvalue weighted by atomic mass is 79.9. The van der Waals surface area contributed by atoms with Gasteiger partial charge in [-0.3, -0.25) is 4.79 Å². The van der Waals surface area contributed by atoms with Crippen LogP contribution in [0.2, 0.25) is 0 Å². The van der Waals surface area contributed by atoms with Gasteiger partial charge in [0.05, 0.1) is 11.3 Å². The molecule has 4 nitrogen and oxygen atoms in total. The third kappa shape index (κ3) is 2.62. The van der Waals surface area contributed by atoms with Gasteiger partial charge >= 0.3 is 0 Å². The van der Waals surface area contributed by atoms with Crippen LogP contribution in [0.5, 0.6) is 0 Å². The fourth-order valence-electron chi connectivity index (χ4n) is 2.11. The number of benzene rings is 2. The number of nitrogens with one attached hydrogen (secondary N) is 2. The fourth-order valence-corrected chi connectivity index (χ4v) is 2.45. The number of carbonyl (C=O) groups is 1. The molecule has 1 amide bonds. The number of hydrogen-bond donors (Lipinski definition) is 3. The number of carbonyl (C=O) groups excluding carboxylic acids is 1. The lowest BCUT2D eigenvalue weighted by Gasteiger charge is -2.07. The summed E-state index contributed by atoms with van der Waals surface area (Å²) in [5.74, 6) is -0.755. The van der Waals surface area contributed by atoms with Gasteiger partial charge in [-0.1, -0.05) is 0 Å². The Hall–Kier alpha value is -2.34. The summed E-state index contributed by atoms with van der Waals surface area (Å²) in [5.41, 5.74) is 7.96. The van der Waals surface area contributed by atoms with Crippen molar-refractivity contribution in [3.8, 4) is 0 Å². The van der Waals surface area contributed by atoms with E-state index in [1.54, 1.807) is 24.4 Å². The van der Waals surface area contributed by atoms with E-state index in [2.05, 4.69) is 26.2 Å². The normalized spacial score (nSPS) is 10.8. The Morgan fingerprint density at radius 3 is 2.86 bits per heavy atom. The second kappa shape index (κ2) is 5.21. The average molecular weight is 348 g/mol. The first-order valence-electron chi connectivity index (χ1n) is 6.17. The maximum atomic E-state index is 13.3. The minimum Gasteiger partial charge on any atom is -0.399 e. The Morgan fingerprint density at radius 1 is 1.24 bits per heavy atom. The summed E-state index contributed by atoms with van der Waals surface area (Å²) in [5, 5.41) is 3.40. The average Bonchev–Trinajstić information content (AvgIpc) is 2.85. The van der Waals surface area contributed by atoms with E-state index >= 15 is 0 Å². The summed E-state index contributed by atoms with van der Waals surface area (Å²) < 4.78 is 13.9. The Balaban J connectivity index is 1.97. The minimum atomic E-state index is -0.420. The smallest absolute Gasteiger partial charge is 0.257 e. The van der Waals surface area contributed by atoms with Crippen LogP contribution >= 0.6 is 15.9 Å². The Bertz CT molecular complexity index is 844. The van der Waals surface area contributed by atoms with Crippen LogP contribution in [0.1, 0.15) is 10.4 Å². The van der Waals surface area contributed by atoms with Crippen molar-refractivity contribution in [3.05, 3.63) is 58.4 Å². The molecule has 1 heterocycles. The first kappa shape index (κ1) is 13.6. The van der Waals surface area contributed by atoms with Gasteiger partial charge in [-0.2, -0.15) is 0 Å². The SMILES string of the molecule is Nc1ccc2[nH]cc(C(=O)Nc3cc(F)ccc3Br)c2c1. The lowest BCUT2D eigenvalue weighted by atomic mass is 10.1. The minimum absolute atomic E-state index is 0.335. The van der Waals surface area contributed by atoms with Gasteiger partial charge in [-0.25, -0.2) is 4.39 Å². The van der Waals surface area contributed by atoms with E-state index in [1.165, 1.54) is 18.2 Å². The standard InChI is InChI=1S/C15H11BrFN3O/c16-12-3-1-8(17)5-14(12)20-15(21)11-7-19-13-4-2-9(18)6-10(11)13/h1-7,19H,18H2,(H,20,21). The third-order valence-electron chi connectivity index (χ3n) is 3.13. The van der Waals surface area contributed by atoms with Crippen LogP contribution in [-0.2, 0) is 0 Å². The molecule has 0 saturated carbocycles. The number of fused-ring (bicyclic) bond motifs is 1. The number of aromatic amines is 1. The van der Waals surface area contributed by atoms with Crippen molar-refractivity contribution in [3.63, 3.8) is 0 Å². The topological polar surface area (TPSA) is 70.9 Å². The number of rotatable bonds is 2. The van der Waals surface area contributed by atoms with Crippen molar-refractivity contribution < 1.29 is 9.18 Å². The van der Waals surface area contributed by atoms with E-state index < -0.39 is 5.82 Å². The summed E-state index contributed by atoms with van der Waals surface area (Å²) >= 11 is 3.27. The van der Waals surface area contributed by atoms with Gasteiger partial charge in [0, 0.05) is 27.3 Å². The Kier molecular flexibility index (Phi) is 3.39. The molecule has 0 aliphatic heterocycles. The number of anilines is 2. The molecule has 3 rings (SSSR count). The van der Waals surface area contributed by atoms with Crippen molar-refractivity contribution >= 4 is 44.1 Å². The summed E-state index contributed by atoms with van der Waals surface area (Å²) in [6.45, 7) is 0. The van der Waals surface area contributed by atoms with Gasteiger partial charge in [-0.15, -0.1) is 0 Å². The molecule has 0 bridgehead atoms. The molecule has 2 aromatic carbocycles. The first-order valence-corrected chi connectivity index (χ1v) is 6.97. The molecule has 6 heteroatoms. The van der Waals surface area contributed by atoms with Crippen molar-refractivity contribution in [1.82, 2.24) is 4.98 Å². The van der Waals surface area contributed by atoms with E-state index in [0.717, 1.165) is 10.9 Å². The van der Waals surface area contributed by atoms with E-state index in [-0.39, 0.29) is 5.91 Å². The summed E-state index contributed by atoms with van der Waals surface area (Å²) in [6.07, 6.45) is 1.60. The monoisotopic (exact) mass is 347 g/mol. The number of aromatic nitrogens is 1. The summed E-state index contributed by atoms with van der Waals surface area (Å²) in [6, 6.07) is 9.39. The van der Waals surface area contributed by atoms with Gasteiger partial charge in [0.1, 0.15) is 5.82 Å². The van der Waals surface area contributed by atoms with Gasteiger partial charge in [-0.05, 0) is 52.3 Å². The van der Waals surface area contributed by atoms with Gasteiger partial charge < -0.3 is 16.0 Å². The van der Waals surface area contributed by atoms with Crippen molar-refractivity contribution in [2.24, 2.45) is 0 Å². The van der Waals surface area contributed by atoms with Crippen LogP contribution in [-0.4, -0.2) is 10.9 Å². The van der Waals surface area contributed by atoms with Gasteiger partial charge in [0.2, 0.25) is 0 Å². The fraction of sp³-hybridized carbons (Fsp3) is 0. The molecule has 0 atom stereocenters. The first-order chi connectivity index (χ1) is 10.0. The zero-order valence-corrected chi connectivity index (χ0v) is 12.4. The highest BCUT2D eigenvalue weighted by molar-refractivity contribution is 9.10. The number of hydrogen-bond acceptors (Lipinski definition) is 2. The summed E-state index contributed by atoms with van der Waals surface area (Å²) in [4.78, 5) is 15.4. The third-order valence-corrected chi connectivity index (χ3v) is 3.82. The molecule has 106 valence electrons. The second-order valence-electron chi connectivity index (χ2n) is 4.59. The number of nitrogens with two attached hydrogens (primary N) is 1. The lowest BCUT2D eigenvalue weighted by Crippen LogP contribution is -2.12. The molecule has 0 fully saturated rings. The van der Waals surface area contributed by atoms with Crippen molar-refractivity contribution in [2.75, 3.05) is 11.1 Å². The molecule has 21 heavy (non-hydrogen) atoms. The van der Waals surface area contributed by atoms with Crippen LogP contribution < -0.4 is 11.1 Å². The molecule has 0 unspecified atom stereocenters. The van der Waals surface area contributed by atoms with E-state index in [0.29, 0.717) is 21.4 Å². The number of nitrogen functional groups attached to an aromatic ring is 1. The highest BCUT2D eigenvalue weighted by Gasteiger charge is 2.14. The second-order valence-corrected chi connectivity index (χ2v) is 5.44. The Morgan fingerprint density at radius 2 is 2.05 bits per heavy atom. The Labute approximate surface area is 128 Å². The molecule has 4 N–H and O–H groups in total. The van der Waals surface area contributed by atoms with E-state index in [4.69, 9.17) is 5.73 Å². The molecule has 0 aliphatic rings. The summed E-state index contributed by atoms with van der Waals surface area (Å²) in [7, 11) is 0. The van der Waals surface area contributed by atoms with Crippen LogP contribution in [0.3, 0.4) is 0 Å². The van der Waals surface area contributed by atoms with Crippen LogP contribution in [0, 0.1) is 5.82 Å². The van der Waals surface area contributed by atoms with Gasteiger partial charge in [0.25, 0.3) is 5.91 Å². The molecule has 0 saturated heterocycles. The molecule has 1 aromatic heterocycles. The zero-order chi connectivity index (χ0) is 15.0.